The molecule has 94 valence electrons. The molecular formula is C14H16F2Si2. The van der Waals surface area contributed by atoms with E-state index in [2.05, 4.69) is 0 Å². The van der Waals surface area contributed by atoms with E-state index in [1.165, 1.54) is 13.1 Å². The summed E-state index contributed by atoms with van der Waals surface area (Å²) in [6.07, 6.45) is 0. The highest BCUT2D eigenvalue weighted by atomic mass is 29.3. The zero-order chi connectivity index (χ0) is 13.2. The van der Waals surface area contributed by atoms with Gasteiger partial charge in [-0.25, -0.2) is 0 Å². The van der Waals surface area contributed by atoms with Gasteiger partial charge in [0.1, 0.15) is 0 Å². The molecule has 0 amide bonds. The van der Waals surface area contributed by atoms with Gasteiger partial charge in [0.15, 0.2) is 0 Å². The Balaban J connectivity index is 2.47. The van der Waals surface area contributed by atoms with Crippen LogP contribution >= 0.6 is 0 Å². The molecule has 0 aliphatic carbocycles. The van der Waals surface area contributed by atoms with Gasteiger partial charge >= 0.3 is 15.9 Å². The lowest BCUT2D eigenvalue weighted by Gasteiger charge is -2.29. The zero-order valence-electron chi connectivity index (χ0n) is 10.5. The average Bonchev–Trinajstić information content (AvgIpc) is 2.40. The van der Waals surface area contributed by atoms with Gasteiger partial charge in [0.2, 0.25) is 0 Å². The fourth-order valence-electron chi connectivity index (χ4n) is 2.04. The zero-order valence-corrected chi connectivity index (χ0v) is 12.5. The molecule has 2 aromatic rings. The van der Waals surface area contributed by atoms with E-state index < -0.39 is 15.9 Å². The van der Waals surface area contributed by atoms with Gasteiger partial charge in [0.25, 0.3) is 0 Å². The molecule has 0 saturated carbocycles. The predicted octanol–water partition coefficient (Wildman–Crippen LogP) is 2.97. The molecular weight excluding hydrogens is 262 g/mol. The third-order valence-electron chi connectivity index (χ3n) is 3.51. The predicted molar refractivity (Wildman–Crippen MR) is 77.6 cm³/mol. The summed E-state index contributed by atoms with van der Waals surface area (Å²) in [5.41, 5.74) is 0. The van der Waals surface area contributed by atoms with Crippen molar-refractivity contribution in [2.24, 2.45) is 0 Å². The van der Waals surface area contributed by atoms with E-state index in [4.69, 9.17) is 0 Å². The van der Waals surface area contributed by atoms with Gasteiger partial charge in [-0.15, -0.1) is 0 Å². The van der Waals surface area contributed by atoms with E-state index in [0.717, 1.165) is 0 Å². The molecule has 18 heavy (non-hydrogen) atoms. The maximum atomic E-state index is 15.1. The average molecular weight is 278 g/mol. The van der Waals surface area contributed by atoms with Crippen LogP contribution in [0.3, 0.4) is 0 Å². The molecule has 4 heteroatoms. The van der Waals surface area contributed by atoms with Gasteiger partial charge in [-0.2, -0.15) is 0 Å². The largest absolute Gasteiger partial charge is 0.308 e. The van der Waals surface area contributed by atoms with Gasteiger partial charge in [-0.3, -0.25) is 0 Å². The second-order valence-electron chi connectivity index (χ2n) is 4.74. The molecule has 0 N–H and O–H groups in total. The molecule has 0 spiro atoms. The van der Waals surface area contributed by atoms with Gasteiger partial charge in [0, 0.05) is 0 Å². The topological polar surface area (TPSA) is 0 Å². The van der Waals surface area contributed by atoms with E-state index in [1.54, 1.807) is 48.5 Å². The van der Waals surface area contributed by atoms with E-state index in [1.807, 2.05) is 12.1 Å². The minimum Gasteiger partial charge on any atom is -0.308 e. The van der Waals surface area contributed by atoms with Crippen molar-refractivity contribution in [3.63, 3.8) is 0 Å². The van der Waals surface area contributed by atoms with Gasteiger partial charge in [-0.1, -0.05) is 60.7 Å². The van der Waals surface area contributed by atoms with Crippen molar-refractivity contribution in [1.82, 2.24) is 0 Å². The highest BCUT2D eigenvalue weighted by molar-refractivity contribution is 7.45. The number of hydrogen-bond donors (Lipinski definition) is 0. The van der Waals surface area contributed by atoms with Crippen LogP contribution in [0.2, 0.25) is 13.1 Å². The van der Waals surface area contributed by atoms with Crippen LogP contribution in [0.1, 0.15) is 0 Å². The Morgan fingerprint density at radius 1 is 0.611 bits per heavy atom. The molecule has 0 aromatic heterocycles. The third kappa shape index (κ3) is 2.18. The highest BCUT2D eigenvalue weighted by Gasteiger charge is 2.55. The molecule has 2 atom stereocenters. The standard InChI is InChI=1S/C14H16F2Si2/c1-17(15,13-9-5-3-6-10-13)18(2,16)14-11-7-4-8-12-14/h3-12H,1-2H3/t17-,18-/m0/s1. The molecule has 0 radical (unpaired) electrons. The first-order chi connectivity index (χ1) is 8.46. The Morgan fingerprint density at radius 2 is 0.889 bits per heavy atom. The van der Waals surface area contributed by atoms with Crippen molar-refractivity contribution < 1.29 is 8.22 Å². The van der Waals surface area contributed by atoms with Crippen LogP contribution in [0.15, 0.2) is 60.7 Å². The van der Waals surface area contributed by atoms with Crippen LogP contribution in [0.25, 0.3) is 0 Å². The van der Waals surface area contributed by atoms with Crippen LogP contribution in [-0.4, -0.2) is 15.9 Å². The summed E-state index contributed by atoms with van der Waals surface area (Å²) in [5, 5.41) is 1.09. The summed E-state index contributed by atoms with van der Waals surface area (Å²) in [7, 11) is -7.15. The van der Waals surface area contributed by atoms with E-state index >= 15 is 8.22 Å². The fraction of sp³-hybridized carbons (Fsp3) is 0.143. The highest BCUT2D eigenvalue weighted by Crippen LogP contribution is 2.22. The number of benzene rings is 2. The van der Waals surface area contributed by atoms with Crippen molar-refractivity contribution in [2.45, 2.75) is 13.1 Å². The Morgan fingerprint density at radius 3 is 1.17 bits per heavy atom. The molecule has 0 bridgehead atoms. The fourth-order valence-corrected chi connectivity index (χ4v) is 9.02. The molecule has 0 nitrogen and oxygen atoms in total. The van der Waals surface area contributed by atoms with Crippen LogP contribution in [-0.2, 0) is 0 Å². The minimum absolute atomic E-state index is 0.547. The van der Waals surface area contributed by atoms with Crippen molar-refractivity contribution >= 4 is 26.2 Å². The lowest BCUT2D eigenvalue weighted by Crippen LogP contribution is -2.67. The first-order valence-electron chi connectivity index (χ1n) is 5.95. The summed E-state index contributed by atoms with van der Waals surface area (Å²) in [6, 6.07) is 17.6. The summed E-state index contributed by atoms with van der Waals surface area (Å²) in [5.74, 6) is 0. The molecule has 2 aromatic carbocycles. The summed E-state index contributed by atoms with van der Waals surface area (Å²) >= 11 is 0. The van der Waals surface area contributed by atoms with Crippen LogP contribution in [0, 0.1) is 0 Å². The van der Waals surface area contributed by atoms with Crippen molar-refractivity contribution in [3.8, 4) is 0 Å². The first kappa shape index (κ1) is 13.2. The normalized spacial score (nSPS) is 17.8. The van der Waals surface area contributed by atoms with Crippen LogP contribution in [0.5, 0.6) is 0 Å². The Bertz CT molecular complexity index is 460. The number of hydrogen-bond acceptors (Lipinski definition) is 0. The summed E-state index contributed by atoms with van der Waals surface area (Å²) in [4.78, 5) is 0. The molecule has 0 aliphatic heterocycles. The summed E-state index contributed by atoms with van der Waals surface area (Å²) < 4.78 is 30.2. The smallest absolute Gasteiger partial charge is 0.302 e. The van der Waals surface area contributed by atoms with E-state index in [0.29, 0.717) is 10.4 Å². The number of rotatable bonds is 3. The molecule has 0 unspecified atom stereocenters. The van der Waals surface area contributed by atoms with Crippen molar-refractivity contribution in [1.29, 1.82) is 0 Å². The lowest BCUT2D eigenvalue weighted by molar-refractivity contribution is 0.782. The van der Waals surface area contributed by atoms with E-state index in [9.17, 15) is 0 Å². The quantitative estimate of drug-likeness (QED) is 0.598. The SMILES string of the molecule is C[Si@@](F)(c1ccccc1)[Si@](C)(F)c1ccccc1. The molecule has 0 saturated heterocycles. The molecule has 0 aliphatic rings. The van der Waals surface area contributed by atoms with E-state index in [-0.39, 0.29) is 0 Å². The Kier molecular flexibility index (Phi) is 3.50. The van der Waals surface area contributed by atoms with Crippen molar-refractivity contribution in [2.75, 3.05) is 0 Å². The first-order valence-corrected chi connectivity index (χ1v) is 11.7. The Labute approximate surface area is 108 Å². The second kappa shape index (κ2) is 4.78. The van der Waals surface area contributed by atoms with Crippen LogP contribution in [0.4, 0.5) is 8.22 Å². The van der Waals surface area contributed by atoms with Gasteiger partial charge in [-0.05, 0) is 23.5 Å². The summed E-state index contributed by atoms with van der Waals surface area (Å²) in [6.45, 7) is 2.98. The maximum absolute atomic E-state index is 15.1. The van der Waals surface area contributed by atoms with Gasteiger partial charge < -0.3 is 8.22 Å². The third-order valence-corrected chi connectivity index (χ3v) is 15.1. The minimum atomic E-state index is -3.58. The Hall–Kier alpha value is -1.27. The molecule has 2 rings (SSSR count). The van der Waals surface area contributed by atoms with Crippen LogP contribution < -0.4 is 10.4 Å². The molecule has 0 fully saturated rings. The van der Waals surface area contributed by atoms with Gasteiger partial charge in [0.05, 0.1) is 0 Å². The lowest BCUT2D eigenvalue weighted by atomic mass is 10.4. The molecule has 0 heterocycles. The second-order valence-corrected chi connectivity index (χ2v) is 15.5. The monoisotopic (exact) mass is 278 g/mol. The number of halogens is 2. The maximum Gasteiger partial charge on any atom is 0.302 e. The van der Waals surface area contributed by atoms with Crippen molar-refractivity contribution in [3.05, 3.63) is 60.7 Å².